The molecule has 0 aliphatic carbocycles. The number of anilines is 1. The molecule has 3 aromatic heterocycles. The van der Waals surface area contributed by atoms with Gasteiger partial charge in [-0.15, -0.1) is 0 Å². The minimum atomic E-state index is -0.278. The van der Waals surface area contributed by atoms with Crippen LogP contribution in [0, 0.1) is 19.7 Å². The van der Waals surface area contributed by atoms with Crippen LogP contribution in [0.5, 0.6) is 0 Å². The van der Waals surface area contributed by atoms with Gasteiger partial charge in [0, 0.05) is 29.5 Å². The lowest BCUT2D eigenvalue weighted by Gasteiger charge is -2.28. The molecule has 32 heavy (non-hydrogen) atoms. The van der Waals surface area contributed by atoms with Crippen molar-refractivity contribution in [1.29, 1.82) is 0 Å². The summed E-state index contributed by atoms with van der Waals surface area (Å²) in [5.74, 6) is -0.278. The predicted molar refractivity (Wildman–Crippen MR) is 127 cm³/mol. The van der Waals surface area contributed by atoms with Crippen LogP contribution in [0.3, 0.4) is 0 Å². The third-order valence-corrected chi connectivity index (χ3v) is 6.21. The quantitative estimate of drug-likeness (QED) is 0.439. The standard InChI is InChI=1S/C25H22FN5S/c1-16-14-21(17(2)30(16)20-6-5-12-27-15-20)24-23(22-7-3-4-13-28-22)29-25(32)31(24)19-10-8-18(26)9-11-19/h3-15,23-24H,1-2H3,(H,29,32)/t23-,24+/m1/s1. The van der Waals surface area contributed by atoms with Crippen LogP contribution in [0.1, 0.15) is 34.7 Å². The lowest BCUT2D eigenvalue weighted by molar-refractivity contribution is 0.565. The third kappa shape index (κ3) is 3.44. The smallest absolute Gasteiger partial charge is 0.174 e. The van der Waals surface area contributed by atoms with E-state index in [0.29, 0.717) is 5.11 Å². The first kappa shape index (κ1) is 20.3. The van der Waals surface area contributed by atoms with Crippen molar-refractivity contribution in [2.45, 2.75) is 25.9 Å². The summed E-state index contributed by atoms with van der Waals surface area (Å²) in [5.41, 5.74) is 6.06. The van der Waals surface area contributed by atoms with Crippen molar-refractivity contribution >= 4 is 23.0 Å². The number of hydrogen-bond acceptors (Lipinski definition) is 3. The lowest BCUT2D eigenvalue weighted by atomic mass is 9.96. The molecule has 0 amide bonds. The molecule has 4 aromatic rings. The van der Waals surface area contributed by atoms with Gasteiger partial charge in [0.25, 0.3) is 0 Å². The lowest BCUT2D eigenvalue weighted by Crippen LogP contribution is -2.29. The number of benzene rings is 1. The second-order valence-corrected chi connectivity index (χ2v) is 8.23. The Hall–Kier alpha value is -3.58. The van der Waals surface area contributed by atoms with E-state index in [1.54, 1.807) is 24.5 Å². The highest BCUT2D eigenvalue weighted by atomic mass is 32.1. The Labute approximate surface area is 191 Å². The van der Waals surface area contributed by atoms with E-state index in [4.69, 9.17) is 12.2 Å². The number of halogens is 1. The highest BCUT2D eigenvalue weighted by Gasteiger charge is 2.42. The maximum absolute atomic E-state index is 13.7. The van der Waals surface area contributed by atoms with Gasteiger partial charge in [-0.2, -0.15) is 0 Å². The van der Waals surface area contributed by atoms with Crippen LogP contribution in [0.4, 0.5) is 10.1 Å². The summed E-state index contributed by atoms with van der Waals surface area (Å²) >= 11 is 5.76. The summed E-state index contributed by atoms with van der Waals surface area (Å²) in [5, 5.41) is 4.04. The van der Waals surface area contributed by atoms with E-state index in [1.165, 1.54) is 12.1 Å². The van der Waals surface area contributed by atoms with Gasteiger partial charge in [-0.3, -0.25) is 9.97 Å². The first-order chi connectivity index (χ1) is 15.5. The monoisotopic (exact) mass is 443 g/mol. The van der Waals surface area contributed by atoms with E-state index in [9.17, 15) is 4.39 Å². The van der Waals surface area contributed by atoms with Crippen LogP contribution in [0.2, 0.25) is 0 Å². The second-order valence-electron chi connectivity index (χ2n) is 7.85. The summed E-state index contributed by atoms with van der Waals surface area (Å²) < 4.78 is 15.9. The summed E-state index contributed by atoms with van der Waals surface area (Å²) in [6.07, 6.45) is 5.41. The van der Waals surface area contributed by atoms with Crippen LogP contribution in [0.15, 0.2) is 79.3 Å². The Balaban J connectivity index is 1.68. The molecule has 0 saturated carbocycles. The topological polar surface area (TPSA) is 46.0 Å². The molecule has 5 nitrogen and oxygen atoms in total. The Kier molecular flexibility index (Phi) is 5.19. The number of hydrogen-bond donors (Lipinski definition) is 1. The van der Waals surface area contributed by atoms with Crippen molar-refractivity contribution in [1.82, 2.24) is 19.9 Å². The van der Waals surface area contributed by atoms with Crippen molar-refractivity contribution in [2.75, 3.05) is 4.90 Å². The fourth-order valence-corrected chi connectivity index (χ4v) is 4.87. The van der Waals surface area contributed by atoms with Crippen LogP contribution < -0.4 is 10.2 Å². The zero-order valence-corrected chi connectivity index (χ0v) is 18.6. The molecule has 7 heteroatoms. The van der Waals surface area contributed by atoms with Crippen LogP contribution in [-0.2, 0) is 0 Å². The molecule has 0 radical (unpaired) electrons. The van der Waals surface area contributed by atoms with Crippen molar-refractivity contribution in [3.8, 4) is 5.69 Å². The first-order valence-corrected chi connectivity index (χ1v) is 10.8. The molecule has 5 rings (SSSR count). The Morgan fingerprint density at radius 2 is 1.78 bits per heavy atom. The van der Waals surface area contributed by atoms with Crippen molar-refractivity contribution in [2.24, 2.45) is 0 Å². The fourth-order valence-electron chi connectivity index (χ4n) is 4.52. The molecule has 4 heterocycles. The van der Waals surface area contributed by atoms with E-state index in [0.717, 1.165) is 34.0 Å². The van der Waals surface area contributed by atoms with Gasteiger partial charge >= 0.3 is 0 Å². The molecule has 1 fully saturated rings. The first-order valence-electron chi connectivity index (χ1n) is 10.4. The van der Waals surface area contributed by atoms with E-state index in [2.05, 4.69) is 44.7 Å². The van der Waals surface area contributed by atoms with Crippen LogP contribution in [-0.4, -0.2) is 19.6 Å². The van der Waals surface area contributed by atoms with Crippen LogP contribution in [0.25, 0.3) is 5.69 Å². The Morgan fingerprint density at radius 3 is 2.47 bits per heavy atom. The highest BCUT2D eigenvalue weighted by molar-refractivity contribution is 7.80. The molecule has 2 atom stereocenters. The minimum Gasteiger partial charge on any atom is -0.351 e. The molecule has 1 saturated heterocycles. The van der Waals surface area contributed by atoms with E-state index < -0.39 is 0 Å². The number of aryl methyl sites for hydroxylation is 1. The summed E-state index contributed by atoms with van der Waals surface area (Å²) in [6.45, 7) is 4.19. The van der Waals surface area contributed by atoms with E-state index in [-0.39, 0.29) is 17.9 Å². The van der Waals surface area contributed by atoms with Crippen LogP contribution >= 0.6 is 12.2 Å². The minimum absolute atomic E-state index is 0.153. The van der Waals surface area contributed by atoms with E-state index in [1.807, 2.05) is 36.5 Å². The van der Waals surface area contributed by atoms with Crippen molar-refractivity contribution < 1.29 is 4.39 Å². The Morgan fingerprint density at radius 1 is 0.969 bits per heavy atom. The summed E-state index contributed by atoms with van der Waals surface area (Å²) in [4.78, 5) is 10.9. The molecule has 0 spiro atoms. The third-order valence-electron chi connectivity index (χ3n) is 5.90. The van der Waals surface area contributed by atoms with Crippen molar-refractivity contribution in [3.63, 3.8) is 0 Å². The number of rotatable bonds is 4. The largest absolute Gasteiger partial charge is 0.351 e. The molecule has 160 valence electrons. The maximum Gasteiger partial charge on any atom is 0.174 e. The normalized spacial score (nSPS) is 18.1. The zero-order chi connectivity index (χ0) is 22.2. The van der Waals surface area contributed by atoms with E-state index >= 15 is 0 Å². The van der Waals surface area contributed by atoms with Gasteiger partial charge < -0.3 is 14.8 Å². The molecular weight excluding hydrogens is 421 g/mol. The molecule has 1 N–H and O–H groups in total. The Bertz CT molecular complexity index is 1260. The highest BCUT2D eigenvalue weighted by Crippen LogP contribution is 2.43. The molecule has 0 unspecified atom stereocenters. The molecule has 1 aliphatic rings. The molecule has 1 aliphatic heterocycles. The van der Waals surface area contributed by atoms with Gasteiger partial charge in [0.05, 0.1) is 29.7 Å². The summed E-state index contributed by atoms with van der Waals surface area (Å²) in [7, 11) is 0. The predicted octanol–water partition coefficient (Wildman–Crippen LogP) is 5.20. The number of nitrogens with zero attached hydrogens (tertiary/aromatic N) is 4. The van der Waals surface area contributed by atoms with Gasteiger partial charge in [-0.25, -0.2) is 4.39 Å². The maximum atomic E-state index is 13.7. The van der Waals surface area contributed by atoms with Crippen molar-refractivity contribution in [3.05, 3.63) is 108 Å². The van der Waals surface area contributed by atoms with Gasteiger partial charge in [0.15, 0.2) is 5.11 Å². The second kappa shape index (κ2) is 8.16. The van der Waals surface area contributed by atoms with Gasteiger partial charge in [0.2, 0.25) is 0 Å². The SMILES string of the molecule is Cc1cc([C@H]2[C@@H](c3ccccn3)NC(=S)N2c2ccc(F)cc2)c(C)n1-c1cccnc1. The average Bonchev–Trinajstić information content (AvgIpc) is 3.31. The number of pyridine rings is 2. The molecular formula is C25H22FN5S. The van der Waals surface area contributed by atoms with Gasteiger partial charge in [-0.05, 0) is 86.2 Å². The average molecular weight is 444 g/mol. The number of nitrogens with one attached hydrogen (secondary N) is 1. The summed E-state index contributed by atoms with van der Waals surface area (Å²) in [6, 6.07) is 18.2. The fraction of sp³-hybridized carbons (Fsp3) is 0.160. The zero-order valence-electron chi connectivity index (χ0n) is 17.7. The molecule has 0 bridgehead atoms. The van der Waals surface area contributed by atoms with Gasteiger partial charge in [0.1, 0.15) is 5.82 Å². The number of aromatic nitrogens is 3. The number of thiocarbonyl (C=S) groups is 1. The van der Waals surface area contributed by atoms with Gasteiger partial charge in [-0.1, -0.05) is 6.07 Å². The molecule has 1 aromatic carbocycles.